The first kappa shape index (κ1) is 17.4. The summed E-state index contributed by atoms with van der Waals surface area (Å²) in [4.78, 5) is 0.123. The van der Waals surface area contributed by atoms with Crippen LogP contribution in [0.3, 0.4) is 0 Å². The van der Waals surface area contributed by atoms with Crippen molar-refractivity contribution in [2.24, 2.45) is 0 Å². The topological polar surface area (TPSA) is 66.4 Å². The lowest BCUT2D eigenvalue weighted by atomic mass is 10.1. The second kappa shape index (κ2) is 6.82. The van der Waals surface area contributed by atoms with E-state index in [1.165, 1.54) is 17.4 Å². The molecule has 2 aromatic carbocycles. The quantitative estimate of drug-likeness (QED) is 0.704. The molecule has 126 valence electrons. The van der Waals surface area contributed by atoms with Crippen LogP contribution < -0.4 is 4.72 Å². The van der Waals surface area contributed by atoms with Gasteiger partial charge in [0.15, 0.2) is 0 Å². The van der Waals surface area contributed by atoms with Gasteiger partial charge in [-0.15, -0.1) is 11.3 Å². The summed E-state index contributed by atoms with van der Waals surface area (Å²) in [7, 11) is -3.74. The fourth-order valence-corrected chi connectivity index (χ4v) is 5.05. The number of thiophene rings is 1. The summed E-state index contributed by atoms with van der Waals surface area (Å²) < 4.78 is 28.4. The van der Waals surface area contributed by atoms with Crippen molar-refractivity contribution in [2.75, 3.05) is 6.54 Å². The van der Waals surface area contributed by atoms with Crippen molar-refractivity contribution in [2.45, 2.75) is 17.9 Å². The van der Waals surface area contributed by atoms with Gasteiger partial charge in [0.05, 0.1) is 11.0 Å². The smallest absolute Gasteiger partial charge is 0.240 e. The van der Waals surface area contributed by atoms with Gasteiger partial charge in [-0.1, -0.05) is 35.9 Å². The second-order valence-corrected chi connectivity index (χ2v) is 8.47. The van der Waals surface area contributed by atoms with Crippen LogP contribution in [0.4, 0.5) is 0 Å². The third-order valence-electron chi connectivity index (χ3n) is 3.84. The zero-order valence-corrected chi connectivity index (χ0v) is 15.3. The van der Waals surface area contributed by atoms with Gasteiger partial charge in [-0.05, 0) is 41.5 Å². The van der Waals surface area contributed by atoms with Crippen molar-refractivity contribution >= 4 is 43.0 Å². The first-order valence-electron chi connectivity index (χ1n) is 7.29. The molecule has 24 heavy (non-hydrogen) atoms. The van der Waals surface area contributed by atoms with E-state index in [0.29, 0.717) is 10.6 Å². The SMILES string of the molecule is Cc1c(Cl)cccc1S(=O)(=O)NC[C@H](O)c1csc2ccccc12. The number of benzene rings is 2. The van der Waals surface area contributed by atoms with Crippen molar-refractivity contribution in [1.29, 1.82) is 0 Å². The van der Waals surface area contributed by atoms with Crippen LogP contribution >= 0.6 is 22.9 Å². The van der Waals surface area contributed by atoms with E-state index < -0.39 is 16.1 Å². The van der Waals surface area contributed by atoms with Crippen LogP contribution in [-0.2, 0) is 10.0 Å². The molecule has 0 spiro atoms. The molecule has 1 aromatic heterocycles. The molecular weight excluding hydrogens is 366 g/mol. The van der Waals surface area contributed by atoms with Gasteiger partial charge >= 0.3 is 0 Å². The third kappa shape index (κ3) is 3.34. The predicted octanol–water partition coefficient (Wildman–Crippen LogP) is 3.88. The monoisotopic (exact) mass is 381 g/mol. The predicted molar refractivity (Wildman–Crippen MR) is 98.2 cm³/mol. The minimum atomic E-state index is -3.74. The summed E-state index contributed by atoms with van der Waals surface area (Å²) in [6.07, 6.45) is -0.921. The Hall–Kier alpha value is -1.44. The van der Waals surface area contributed by atoms with Gasteiger partial charge in [-0.3, -0.25) is 0 Å². The maximum Gasteiger partial charge on any atom is 0.240 e. The van der Waals surface area contributed by atoms with Crippen molar-refractivity contribution in [3.63, 3.8) is 0 Å². The van der Waals surface area contributed by atoms with Crippen LogP contribution in [0.5, 0.6) is 0 Å². The van der Waals surface area contributed by atoms with Gasteiger partial charge in [0.1, 0.15) is 0 Å². The molecule has 2 N–H and O–H groups in total. The molecule has 4 nitrogen and oxygen atoms in total. The van der Waals surface area contributed by atoms with E-state index >= 15 is 0 Å². The highest BCUT2D eigenvalue weighted by Crippen LogP contribution is 2.30. The van der Waals surface area contributed by atoms with Crippen LogP contribution in [0.15, 0.2) is 52.7 Å². The number of fused-ring (bicyclic) bond motifs is 1. The fraction of sp³-hybridized carbons (Fsp3) is 0.176. The molecule has 0 aliphatic rings. The van der Waals surface area contributed by atoms with E-state index in [1.807, 2.05) is 29.6 Å². The van der Waals surface area contributed by atoms with Crippen LogP contribution in [0.1, 0.15) is 17.2 Å². The first-order valence-corrected chi connectivity index (χ1v) is 10.0. The van der Waals surface area contributed by atoms with Crippen molar-refractivity contribution < 1.29 is 13.5 Å². The van der Waals surface area contributed by atoms with Crippen LogP contribution in [0.25, 0.3) is 10.1 Å². The van der Waals surface area contributed by atoms with E-state index in [1.54, 1.807) is 19.1 Å². The Bertz CT molecular complexity index is 982. The second-order valence-electron chi connectivity index (χ2n) is 5.42. The van der Waals surface area contributed by atoms with Gasteiger partial charge in [0, 0.05) is 21.8 Å². The maximum absolute atomic E-state index is 12.5. The Morgan fingerprint density at radius 2 is 1.96 bits per heavy atom. The van der Waals surface area contributed by atoms with E-state index in [-0.39, 0.29) is 11.4 Å². The van der Waals surface area contributed by atoms with Gasteiger partial charge in [0.25, 0.3) is 0 Å². The summed E-state index contributed by atoms with van der Waals surface area (Å²) >= 11 is 7.51. The zero-order valence-electron chi connectivity index (χ0n) is 12.9. The Labute approximate surface area is 149 Å². The minimum Gasteiger partial charge on any atom is -0.387 e. The number of aliphatic hydroxyl groups excluding tert-OH is 1. The Kier molecular flexibility index (Phi) is 4.94. The molecule has 0 fully saturated rings. The number of rotatable bonds is 5. The molecule has 7 heteroatoms. The van der Waals surface area contributed by atoms with Crippen LogP contribution in [0.2, 0.25) is 5.02 Å². The molecule has 3 rings (SSSR count). The molecule has 0 aliphatic heterocycles. The summed E-state index contributed by atoms with van der Waals surface area (Å²) in [6.45, 7) is 1.55. The van der Waals surface area contributed by atoms with E-state index in [4.69, 9.17) is 11.6 Å². The van der Waals surface area contributed by atoms with Crippen LogP contribution in [0, 0.1) is 6.92 Å². The number of aliphatic hydroxyl groups is 1. The molecular formula is C17H16ClNO3S2. The highest BCUT2D eigenvalue weighted by Gasteiger charge is 2.21. The lowest BCUT2D eigenvalue weighted by Crippen LogP contribution is -2.29. The molecule has 0 unspecified atom stereocenters. The number of halogens is 1. The van der Waals surface area contributed by atoms with Gasteiger partial charge in [-0.25, -0.2) is 13.1 Å². The maximum atomic E-state index is 12.5. The summed E-state index contributed by atoms with van der Waals surface area (Å²) in [5.41, 5.74) is 1.21. The van der Waals surface area contributed by atoms with E-state index in [0.717, 1.165) is 15.6 Å². The Balaban J connectivity index is 1.80. The van der Waals surface area contributed by atoms with Gasteiger partial charge in [-0.2, -0.15) is 0 Å². The van der Waals surface area contributed by atoms with E-state index in [2.05, 4.69) is 4.72 Å². The highest BCUT2D eigenvalue weighted by molar-refractivity contribution is 7.89. The summed E-state index contributed by atoms with van der Waals surface area (Å²) in [5.74, 6) is 0. The Morgan fingerprint density at radius 1 is 1.21 bits per heavy atom. The summed E-state index contributed by atoms with van der Waals surface area (Å²) in [6, 6.07) is 12.4. The van der Waals surface area contributed by atoms with Gasteiger partial charge < -0.3 is 5.11 Å². The molecule has 0 bridgehead atoms. The molecule has 0 amide bonds. The van der Waals surface area contributed by atoms with Crippen molar-refractivity contribution in [3.8, 4) is 0 Å². The lowest BCUT2D eigenvalue weighted by Gasteiger charge is -2.13. The molecule has 1 atom stereocenters. The normalized spacial score (nSPS) is 13.3. The molecule has 0 saturated carbocycles. The minimum absolute atomic E-state index is 0.102. The average molecular weight is 382 g/mol. The molecule has 0 aliphatic carbocycles. The van der Waals surface area contributed by atoms with Crippen molar-refractivity contribution in [3.05, 3.63) is 64.0 Å². The molecule has 0 saturated heterocycles. The number of sulfonamides is 1. The number of nitrogens with one attached hydrogen (secondary N) is 1. The molecule has 1 heterocycles. The standard InChI is InChI=1S/C17H16ClNO3S2/c1-11-14(18)6-4-8-17(11)24(21,22)19-9-15(20)13-10-23-16-7-3-2-5-12(13)16/h2-8,10,15,19-20H,9H2,1H3/t15-/m0/s1. The zero-order chi connectivity index (χ0) is 17.3. The number of hydrogen-bond donors (Lipinski definition) is 2. The highest BCUT2D eigenvalue weighted by atomic mass is 35.5. The van der Waals surface area contributed by atoms with E-state index in [9.17, 15) is 13.5 Å². The Morgan fingerprint density at radius 3 is 2.75 bits per heavy atom. The van der Waals surface area contributed by atoms with Gasteiger partial charge in [0.2, 0.25) is 10.0 Å². The van der Waals surface area contributed by atoms with Crippen molar-refractivity contribution in [1.82, 2.24) is 4.72 Å². The van der Waals surface area contributed by atoms with Crippen LogP contribution in [-0.4, -0.2) is 20.1 Å². The number of hydrogen-bond acceptors (Lipinski definition) is 4. The lowest BCUT2D eigenvalue weighted by molar-refractivity contribution is 0.184. The fourth-order valence-electron chi connectivity index (χ4n) is 2.51. The summed E-state index contributed by atoms with van der Waals surface area (Å²) in [5, 5.41) is 13.6. The average Bonchev–Trinajstić information content (AvgIpc) is 2.99. The molecule has 0 radical (unpaired) electrons. The molecule has 3 aromatic rings. The third-order valence-corrected chi connectivity index (χ3v) is 6.80. The largest absolute Gasteiger partial charge is 0.387 e. The first-order chi connectivity index (χ1) is 11.4.